The van der Waals surface area contributed by atoms with E-state index in [9.17, 15) is 18.8 Å². The Hall–Kier alpha value is -3.88. The fraction of sp³-hybridized carbons (Fsp3) is 0.190. The molecule has 3 rings (SSSR count). The summed E-state index contributed by atoms with van der Waals surface area (Å²) in [6.45, 7) is 1.35. The predicted octanol–water partition coefficient (Wildman–Crippen LogP) is 1.74. The highest BCUT2D eigenvalue weighted by Crippen LogP contribution is 2.19. The van der Waals surface area contributed by atoms with Gasteiger partial charge in [0.1, 0.15) is 5.82 Å². The van der Waals surface area contributed by atoms with Crippen molar-refractivity contribution in [1.82, 2.24) is 9.55 Å². The van der Waals surface area contributed by atoms with E-state index in [1.165, 1.54) is 22.8 Å². The van der Waals surface area contributed by atoms with Crippen molar-refractivity contribution in [3.63, 3.8) is 0 Å². The monoisotopic (exact) mass is 412 g/mol. The van der Waals surface area contributed by atoms with E-state index in [1.807, 2.05) is 30.3 Å². The molecule has 1 amide bonds. The largest absolute Gasteiger partial charge is 0.481 e. The second-order valence-corrected chi connectivity index (χ2v) is 6.42. The lowest BCUT2D eigenvalue weighted by Gasteiger charge is -2.23. The number of nitrogens with zero attached hydrogens (tertiary/aromatic N) is 2. The van der Waals surface area contributed by atoms with Crippen LogP contribution in [0.15, 0.2) is 64.2 Å². The molecule has 0 spiro atoms. The van der Waals surface area contributed by atoms with Crippen LogP contribution in [-0.4, -0.2) is 28.6 Å². The lowest BCUT2D eigenvalue weighted by molar-refractivity contribution is -0.120. The molecule has 156 valence electrons. The third-order valence-electron chi connectivity index (χ3n) is 4.47. The summed E-state index contributed by atoms with van der Waals surface area (Å²) < 4.78 is 20.1. The molecule has 0 atom stereocenters. The van der Waals surface area contributed by atoms with E-state index in [4.69, 9.17) is 10.5 Å². The van der Waals surface area contributed by atoms with Crippen molar-refractivity contribution < 1.29 is 13.9 Å². The van der Waals surface area contributed by atoms with E-state index in [1.54, 1.807) is 13.0 Å². The van der Waals surface area contributed by atoms with Crippen molar-refractivity contribution in [3.8, 4) is 5.75 Å². The lowest BCUT2D eigenvalue weighted by atomic mass is 10.2. The number of nitrogen functional groups attached to an aromatic ring is 1. The van der Waals surface area contributed by atoms with E-state index in [0.717, 1.165) is 10.5 Å². The van der Waals surface area contributed by atoms with Gasteiger partial charge in [-0.1, -0.05) is 42.5 Å². The molecule has 0 aliphatic rings. The van der Waals surface area contributed by atoms with Crippen LogP contribution >= 0.6 is 0 Å². The predicted molar refractivity (Wildman–Crippen MR) is 111 cm³/mol. The topological polar surface area (TPSA) is 110 Å². The van der Waals surface area contributed by atoms with Crippen LogP contribution in [0.1, 0.15) is 12.5 Å². The summed E-state index contributed by atoms with van der Waals surface area (Å²) in [5.41, 5.74) is 5.29. The van der Waals surface area contributed by atoms with Crippen LogP contribution in [0.5, 0.6) is 5.75 Å². The maximum Gasteiger partial charge on any atom is 0.330 e. The number of carbonyl (C=O) groups excluding carboxylic acids is 1. The Balaban J connectivity index is 1.91. The molecule has 0 saturated carbocycles. The summed E-state index contributed by atoms with van der Waals surface area (Å²) in [6.07, 6.45) is 0. The molecule has 8 nitrogen and oxygen atoms in total. The molecule has 1 heterocycles. The van der Waals surface area contributed by atoms with Crippen molar-refractivity contribution in [1.29, 1.82) is 0 Å². The van der Waals surface area contributed by atoms with Gasteiger partial charge in [0.05, 0.1) is 6.54 Å². The number of rotatable bonds is 7. The van der Waals surface area contributed by atoms with Gasteiger partial charge in [-0.3, -0.25) is 19.1 Å². The number of H-pyrrole nitrogens is 1. The van der Waals surface area contributed by atoms with E-state index in [-0.39, 0.29) is 30.3 Å². The third kappa shape index (κ3) is 4.40. The standard InChI is InChI=1S/C21H21FN4O4/c1-2-25(17(27)13-30-16-11-7-6-10-15(16)22)18-19(23)26(21(29)24-20(18)28)12-14-8-4-3-5-9-14/h3-11H,2,12-13,23H2,1H3,(H,24,28,29). The number of hydrogen-bond donors (Lipinski definition) is 2. The molecule has 0 unspecified atom stereocenters. The molecule has 0 fully saturated rings. The van der Waals surface area contributed by atoms with Gasteiger partial charge in [0.25, 0.3) is 11.5 Å². The highest BCUT2D eigenvalue weighted by Gasteiger charge is 2.23. The highest BCUT2D eigenvalue weighted by molar-refractivity contribution is 5.96. The van der Waals surface area contributed by atoms with Gasteiger partial charge in [0.15, 0.2) is 23.9 Å². The van der Waals surface area contributed by atoms with Gasteiger partial charge in [-0.05, 0) is 24.6 Å². The Morgan fingerprint density at radius 3 is 2.47 bits per heavy atom. The Morgan fingerprint density at radius 1 is 1.13 bits per heavy atom. The normalized spacial score (nSPS) is 10.6. The highest BCUT2D eigenvalue weighted by atomic mass is 19.1. The second-order valence-electron chi connectivity index (χ2n) is 6.42. The summed E-state index contributed by atoms with van der Waals surface area (Å²) in [5.74, 6) is -1.45. The molecular formula is C21H21FN4O4. The number of benzene rings is 2. The SMILES string of the molecule is CCN(C(=O)COc1ccccc1F)c1c(N)n(Cc2ccccc2)c(=O)[nH]c1=O. The van der Waals surface area contributed by atoms with E-state index in [2.05, 4.69) is 4.98 Å². The smallest absolute Gasteiger partial charge is 0.330 e. The van der Waals surface area contributed by atoms with Crippen molar-refractivity contribution in [3.05, 3.63) is 86.8 Å². The van der Waals surface area contributed by atoms with Gasteiger partial charge < -0.3 is 15.4 Å². The molecule has 0 saturated heterocycles. The minimum atomic E-state index is -0.789. The van der Waals surface area contributed by atoms with Crippen molar-refractivity contribution in [2.24, 2.45) is 0 Å². The number of aromatic nitrogens is 2. The number of nitrogens with two attached hydrogens (primary N) is 1. The summed E-state index contributed by atoms with van der Waals surface area (Å²) in [4.78, 5) is 40.8. The van der Waals surface area contributed by atoms with Crippen LogP contribution in [0.25, 0.3) is 0 Å². The Labute approximate surface area is 171 Å². The number of ether oxygens (including phenoxy) is 1. The second kappa shape index (κ2) is 9.08. The molecule has 9 heteroatoms. The first-order valence-corrected chi connectivity index (χ1v) is 9.26. The number of nitrogens with one attached hydrogen (secondary N) is 1. The van der Waals surface area contributed by atoms with Gasteiger partial charge in [0, 0.05) is 6.54 Å². The molecule has 0 aliphatic heterocycles. The van der Waals surface area contributed by atoms with Gasteiger partial charge >= 0.3 is 5.69 Å². The van der Waals surface area contributed by atoms with E-state index >= 15 is 0 Å². The molecular weight excluding hydrogens is 391 g/mol. The molecule has 1 aromatic heterocycles. The van der Waals surface area contributed by atoms with Crippen LogP contribution in [0.2, 0.25) is 0 Å². The van der Waals surface area contributed by atoms with Gasteiger partial charge in [0.2, 0.25) is 0 Å². The fourth-order valence-corrected chi connectivity index (χ4v) is 3.00. The number of para-hydroxylation sites is 1. The minimum Gasteiger partial charge on any atom is -0.481 e. The van der Waals surface area contributed by atoms with Crippen LogP contribution in [0.4, 0.5) is 15.9 Å². The third-order valence-corrected chi connectivity index (χ3v) is 4.47. The Morgan fingerprint density at radius 2 is 1.80 bits per heavy atom. The number of aromatic amines is 1. The number of anilines is 2. The van der Waals surface area contributed by atoms with Crippen LogP contribution in [-0.2, 0) is 11.3 Å². The molecule has 3 aromatic rings. The number of amides is 1. The molecule has 2 aromatic carbocycles. The van der Waals surface area contributed by atoms with Crippen molar-refractivity contribution in [2.75, 3.05) is 23.8 Å². The van der Waals surface area contributed by atoms with Crippen LogP contribution < -0.4 is 26.6 Å². The summed E-state index contributed by atoms with van der Waals surface area (Å²) >= 11 is 0. The zero-order valence-electron chi connectivity index (χ0n) is 16.3. The first kappa shape index (κ1) is 20.8. The van der Waals surface area contributed by atoms with Gasteiger partial charge in [-0.2, -0.15) is 0 Å². The zero-order chi connectivity index (χ0) is 21.7. The van der Waals surface area contributed by atoms with Gasteiger partial charge in [-0.25, -0.2) is 9.18 Å². The summed E-state index contributed by atoms with van der Waals surface area (Å²) in [6, 6.07) is 14.7. The zero-order valence-corrected chi connectivity index (χ0v) is 16.3. The number of carbonyl (C=O) groups is 1. The molecule has 0 bridgehead atoms. The quantitative estimate of drug-likeness (QED) is 0.614. The van der Waals surface area contributed by atoms with E-state index < -0.39 is 29.6 Å². The molecule has 0 aliphatic carbocycles. The van der Waals surface area contributed by atoms with Crippen LogP contribution in [0, 0.1) is 5.82 Å². The van der Waals surface area contributed by atoms with E-state index in [0.29, 0.717) is 0 Å². The maximum absolute atomic E-state index is 13.7. The summed E-state index contributed by atoms with van der Waals surface area (Å²) in [7, 11) is 0. The minimum absolute atomic E-state index is 0.0853. The van der Waals surface area contributed by atoms with Crippen molar-refractivity contribution in [2.45, 2.75) is 13.5 Å². The number of hydrogen-bond acceptors (Lipinski definition) is 5. The molecule has 0 radical (unpaired) electrons. The molecule has 3 N–H and O–H groups in total. The first-order chi connectivity index (χ1) is 14.4. The maximum atomic E-state index is 13.7. The average Bonchev–Trinajstić information content (AvgIpc) is 2.74. The first-order valence-electron chi connectivity index (χ1n) is 9.26. The van der Waals surface area contributed by atoms with Crippen LogP contribution in [0.3, 0.4) is 0 Å². The van der Waals surface area contributed by atoms with Gasteiger partial charge in [-0.15, -0.1) is 0 Å². The number of likely N-dealkylation sites (N-methyl/N-ethyl adjacent to an activating group) is 1. The fourth-order valence-electron chi connectivity index (χ4n) is 3.00. The Bertz CT molecular complexity index is 1160. The lowest BCUT2D eigenvalue weighted by Crippen LogP contribution is -2.42. The molecule has 30 heavy (non-hydrogen) atoms. The Kier molecular flexibility index (Phi) is 6.31. The summed E-state index contributed by atoms with van der Waals surface area (Å²) in [5, 5.41) is 0. The van der Waals surface area contributed by atoms with Crippen molar-refractivity contribution >= 4 is 17.4 Å². The average molecular weight is 412 g/mol. The number of halogens is 1.